The quantitative estimate of drug-likeness (QED) is 0.224. The number of benzene rings is 4. The first kappa shape index (κ1) is 21.9. The molecule has 0 aromatic heterocycles. The molecule has 0 radical (unpaired) electrons. The lowest BCUT2D eigenvalue weighted by molar-refractivity contribution is 0.279. The predicted octanol–water partition coefficient (Wildman–Crippen LogP) is 7.65. The summed E-state index contributed by atoms with van der Waals surface area (Å²) in [7, 11) is -6.42. The van der Waals surface area contributed by atoms with Gasteiger partial charge in [-0.15, -0.1) is 0 Å². The summed E-state index contributed by atoms with van der Waals surface area (Å²) in [6, 6.07) is 35.2. The minimum atomic E-state index is -4.21. The van der Waals surface area contributed by atoms with Crippen molar-refractivity contribution >= 4 is 16.4 Å². The summed E-state index contributed by atoms with van der Waals surface area (Å²) >= 11 is 0. The fourth-order valence-electron chi connectivity index (χ4n) is 2.54. The molecule has 0 N–H and O–H groups in total. The van der Waals surface area contributed by atoms with E-state index in [0.29, 0.717) is 23.0 Å². The highest BCUT2D eigenvalue weighted by molar-refractivity contribution is 7.60. The van der Waals surface area contributed by atoms with E-state index >= 15 is 0 Å². The van der Waals surface area contributed by atoms with Gasteiger partial charge in [0.25, 0.3) is 0 Å². The highest BCUT2D eigenvalue weighted by Crippen LogP contribution is 2.60. The molecule has 32 heavy (non-hydrogen) atoms. The molecule has 0 aliphatic carbocycles. The molecule has 0 fully saturated rings. The summed E-state index contributed by atoms with van der Waals surface area (Å²) in [4.78, 5) is 0. The second-order valence-corrected chi connectivity index (χ2v) is 9.09. The molecule has 0 aliphatic rings. The SMILES string of the molecule is O=P(Oc1ccccc1)(Oc1ccccc1)OP(Oc1ccccc1)Oc1ccccc1. The second kappa shape index (κ2) is 10.8. The van der Waals surface area contributed by atoms with Crippen molar-refractivity contribution in [3.05, 3.63) is 121 Å². The zero-order chi connectivity index (χ0) is 22.1. The Morgan fingerprint density at radius 1 is 0.469 bits per heavy atom. The number of para-hydroxylation sites is 4. The summed E-state index contributed by atoms with van der Waals surface area (Å²) in [6.07, 6.45) is 0. The molecular formula is C24H20O6P2. The molecule has 8 heteroatoms. The Labute approximate surface area is 187 Å². The summed E-state index contributed by atoms with van der Waals surface area (Å²) in [6.45, 7) is 0. The minimum absolute atomic E-state index is 0.320. The van der Waals surface area contributed by atoms with Crippen molar-refractivity contribution in [2.75, 3.05) is 0 Å². The van der Waals surface area contributed by atoms with E-state index in [1.807, 2.05) is 48.5 Å². The zero-order valence-corrected chi connectivity index (χ0v) is 18.7. The third-order valence-electron chi connectivity index (χ3n) is 3.93. The maximum atomic E-state index is 13.7. The average molecular weight is 466 g/mol. The third kappa shape index (κ3) is 6.60. The molecule has 0 unspecified atom stereocenters. The smallest absolute Gasteiger partial charge is 0.417 e. The molecule has 0 saturated carbocycles. The van der Waals surface area contributed by atoms with E-state index in [0.717, 1.165) is 0 Å². The van der Waals surface area contributed by atoms with Crippen LogP contribution in [0.15, 0.2) is 121 Å². The molecule has 4 aromatic rings. The number of phosphoric acid groups is 1. The van der Waals surface area contributed by atoms with Crippen LogP contribution in [0, 0.1) is 0 Å². The van der Waals surface area contributed by atoms with E-state index in [2.05, 4.69) is 0 Å². The Morgan fingerprint density at radius 2 is 0.781 bits per heavy atom. The van der Waals surface area contributed by atoms with Crippen molar-refractivity contribution < 1.29 is 27.0 Å². The predicted molar refractivity (Wildman–Crippen MR) is 124 cm³/mol. The molecule has 6 nitrogen and oxygen atoms in total. The molecule has 0 aliphatic heterocycles. The van der Waals surface area contributed by atoms with Crippen molar-refractivity contribution in [3.63, 3.8) is 0 Å². The number of phosphoric ester groups is 1. The Balaban J connectivity index is 1.62. The highest BCUT2D eigenvalue weighted by Gasteiger charge is 2.39. The molecule has 4 aromatic carbocycles. The Morgan fingerprint density at radius 3 is 1.12 bits per heavy atom. The van der Waals surface area contributed by atoms with E-state index in [9.17, 15) is 4.57 Å². The number of hydrogen-bond acceptors (Lipinski definition) is 6. The molecule has 0 amide bonds. The Hall–Kier alpha value is -3.30. The van der Waals surface area contributed by atoms with Crippen LogP contribution in [0.3, 0.4) is 0 Å². The second-order valence-electron chi connectivity index (χ2n) is 6.37. The largest absolute Gasteiger partial charge is 0.596 e. The monoisotopic (exact) mass is 466 g/mol. The molecule has 4 rings (SSSR count). The van der Waals surface area contributed by atoms with E-state index in [1.165, 1.54) is 0 Å². The first-order valence-corrected chi connectivity index (χ1v) is 12.3. The van der Waals surface area contributed by atoms with Crippen LogP contribution in [-0.4, -0.2) is 0 Å². The first-order chi connectivity index (χ1) is 15.7. The maximum Gasteiger partial charge on any atom is 0.596 e. The van der Waals surface area contributed by atoms with Gasteiger partial charge in [0, 0.05) is 0 Å². The van der Waals surface area contributed by atoms with Crippen molar-refractivity contribution in [1.29, 1.82) is 0 Å². The van der Waals surface area contributed by atoms with Gasteiger partial charge in [0.2, 0.25) is 0 Å². The Kier molecular flexibility index (Phi) is 7.42. The molecular weight excluding hydrogens is 446 g/mol. The normalized spacial score (nSPS) is 11.0. The summed E-state index contributed by atoms with van der Waals surface area (Å²) in [5.41, 5.74) is 0. The van der Waals surface area contributed by atoms with Gasteiger partial charge < -0.3 is 18.1 Å². The van der Waals surface area contributed by atoms with Crippen LogP contribution in [0.25, 0.3) is 0 Å². The van der Waals surface area contributed by atoms with E-state index in [1.54, 1.807) is 72.8 Å². The number of rotatable bonds is 10. The van der Waals surface area contributed by atoms with Gasteiger partial charge in [-0.3, -0.25) is 0 Å². The molecule has 0 spiro atoms. The molecule has 0 bridgehead atoms. The standard InChI is InChI=1S/C24H20O6P2/c25-32(28-23-17-9-3-10-18-23,29-24-19-11-4-12-20-24)30-31(26-21-13-5-1-6-14-21)27-22-15-7-2-8-16-22/h1-20H. The van der Waals surface area contributed by atoms with Crippen LogP contribution in [0.5, 0.6) is 23.0 Å². The van der Waals surface area contributed by atoms with Gasteiger partial charge >= 0.3 is 16.4 Å². The third-order valence-corrected chi connectivity index (χ3v) is 6.86. The number of hydrogen-bond donors (Lipinski definition) is 0. The first-order valence-electron chi connectivity index (χ1n) is 9.74. The summed E-state index contributed by atoms with van der Waals surface area (Å²) in [5.74, 6) is 1.61. The van der Waals surface area contributed by atoms with Gasteiger partial charge in [0.05, 0.1) is 0 Å². The Bertz CT molecular complexity index is 1040. The molecule has 162 valence electrons. The van der Waals surface area contributed by atoms with Crippen LogP contribution >= 0.6 is 16.4 Å². The van der Waals surface area contributed by atoms with E-state index in [4.69, 9.17) is 22.4 Å². The highest BCUT2D eigenvalue weighted by atomic mass is 31.3. The maximum absolute atomic E-state index is 13.7. The summed E-state index contributed by atoms with van der Waals surface area (Å²) < 4.78 is 42.6. The average Bonchev–Trinajstić information content (AvgIpc) is 2.81. The lowest BCUT2D eigenvalue weighted by atomic mass is 10.3. The van der Waals surface area contributed by atoms with Crippen molar-refractivity contribution in [1.82, 2.24) is 0 Å². The van der Waals surface area contributed by atoms with Crippen LogP contribution < -0.4 is 18.1 Å². The van der Waals surface area contributed by atoms with Crippen molar-refractivity contribution in [3.8, 4) is 23.0 Å². The van der Waals surface area contributed by atoms with Gasteiger partial charge in [-0.1, -0.05) is 72.8 Å². The van der Waals surface area contributed by atoms with E-state index in [-0.39, 0.29) is 0 Å². The van der Waals surface area contributed by atoms with Crippen molar-refractivity contribution in [2.24, 2.45) is 0 Å². The molecule has 0 saturated heterocycles. The fourth-order valence-corrected chi connectivity index (χ4v) is 5.15. The van der Waals surface area contributed by atoms with Crippen LogP contribution in [0.4, 0.5) is 0 Å². The van der Waals surface area contributed by atoms with Crippen LogP contribution in [0.2, 0.25) is 0 Å². The van der Waals surface area contributed by atoms with Gasteiger partial charge in [-0.2, -0.15) is 4.31 Å². The van der Waals surface area contributed by atoms with Gasteiger partial charge in [-0.25, -0.2) is 4.57 Å². The van der Waals surface area contributed by atoms with Gasteiger partial charge in [0.1, 0.15) is 23.0 Å². The summed E-state index contributed by atoms with van der Waals surface area (Å²) in [5, 5.41) is 0. The minimum Gasteiger partial charge on any atom is -0.417 e. The zero-order valence-electron chi connectivity index (χ0n) is 16.9. The van der Waals surface area contributed by atoms with Gasteiger partial charge in [0.15, 0.2) is 0 Å². The lowest BCUT2D eigenvalue weighted by Crippen LogP contribution is -2.07. The molecule has 0 heterocycles. The van der Waals surface area contributed by atoms with Crippen LogP contribution in [0.1, 0.15) is 0 Å². The lowest BCUT2D eigenvalue weighted by Gasteiger charge is -2.23. The fraction of sp³-hybridized carbons (Fsp3) is 0. The van der Waals surface area contributed by atoms with Crippen molar-refractivity contribution in [2.45, 2.75) is 0 Å². The van der Waals surface area contributed by atoms with Crippen LogP contribution in [-0.2, 0) is 8.88 Å². The topological polar surface area (TPSA) is 63.2 Å². The van der Waals surface area contributed by atoms with Gasteiger partial charge in [-0.05, 0) is 48.5 Å². The van der Waals surface area contributed by atoms with E-state index < -0.39 is 16.4 Å². The molecule has 0 atom stereocenters.